The van der Waals surface area contributed by atoms with E-state index in [1.54, 1.807) is 22.5 Å². The molecule has 1 heterocycles. The number of hydrogen-bond donors (Lipinski definition) is 2. The molecular weight excluding hydrogens is 398 g/mol. The van der Waals surface area contributed by atoms with Crippen molar-refractivity contribution in [1.29, 1.82) is 0 Å². The zero-order valence-corrected chi connectivity index (χ0v) is 18.8. The Morgan fingerprint density at radius 1 is 1.13 bits per heavy atom. The van der Waals surface area contributed by atoms with Gasteiger partial charge in [-0.1, -0.05) is 42.8 Å². The Morgan fingerprint density at radius 3 is 2.53 bits per heavy atom. The van der Waals surface area contributed by atoms with E-state index in [0.717, 1.165) is 31.4 Å². The second kappa shape index (κ2) is 9.73. The van der Waals surface area contributed by atoms with Crippen molar-refractivity contribution in [3.05, 3.63) is 65.7 Å². The standard InChI is InChI=1S/C23H31N3O3S/c1-18-10-7-8-15-26(18)30(28,29)21-14-9-13-20(16-21)23(27)24-22(17-25(2)3)19-11-5-4-6-12-19/h4-6,9,11-14,16,18,22H,7-8,10,15,17H2,1-3H3,(H,24,27)/p+1/t18-,22-/m0/s1. The minimum Gasteiger partial charge on any atom is -0.340 e. The minimum absolute atomic E-state index is 0.0215. The third kappa shape index (κ3) is 5.28. The van der Waals surface area contributed by atoms with Gasteiger partial charge in [0.15, 0.2) is 0 Å². The largest absolute Gasteiger partial charge is 0.340 e. The molecule has 1 amide bonds. The number of nitrogens with zero attached hydrogens (tertiary/aromatic N) is 1. The summed E-state index contributed by atoms with van der Waals surface area (Å²) in [4.78, 5) is 14.4. The third-order valence-corrected chi connectivity index (χ3v) is 7.57. The average molecular weight is 431 g/mol. The van der Waals surface area contributed by atoms with Crippen LogP contribution in [0.3, 0.4) is 0 Å². The fourth-order valence-electron chi connectivity index (χ4n) is 3.95. The van der Waals surface area contributed by atoms with E-state index in [1.807, 2.05) is 51.4 Å². The number of carbonyl (C=O) groups excluding carboxylic acids is 1. The van der Waals surface area contributed by atoms with Gasteiger partial charge in [-0.3, -0.25) is 4.79 Å². The third-order valence-electron chi connectivity index (χ3n) is 5.56. The number of amides is 1. The molecule has 162 valence electrons. The number of rotatable bonds is 7. The van der Waals surface area contributed by atoms with Crippen LogP contribution in [0.25, 0.3) is 0 Å². The fourth-order valence-corrected chi connectivity index (χ4v) is 5.70. The molecule has 30 heavy (non-hydrogen) atoms. The monoisotopic (exact) mass is 430 g/mol. The minimum atomic E-state index is -3.62. The molecule has 0 spiro atoms. The second-order valence-electron chi connectivity index (χ2n) is 8.34. The molecule has 2 N–H and O–H groups in total. The first-order valence-corrected chi connectivity index (χ1v) is 12.0. The van der Waals surface area contributed by atoms with Crippen LogP contribution in [0.4, 0.5) is 0 Å². The molecule has 1 fully saturated rings. The summed E-state index contributed by atoms with van der Waals surface area (Å²) >= 11 is 0. The highest BCUT2D eigenvalue weighted by molar-refractivity contribution is 7.89. The van der Waals surface area contributed by atoms with Crippen LogP contribution in [0.5, 0.6) is 0 Å². The number of sulfonamides is 1. The van der Waals surface area contributed by atoms with Crippen molar-refractivity contribution in [2.75, 3.05) is 27.2 Å². The van der Waals surface area contributed by atoms with Gasteiger partial charge in [-0.2, -0.15) is 4.31 Å². The molecule has 0 unspecified atom stereocenters. The van der Waals surface area contributed by atoms with E-state index in [-0.39, 0.29) is 22.9 Å². The molecule has 7 heteroatoms. The zero-order valence-electron chi connectivity index (χ0n) is 18.0. The lowest BCUT2D eigenvalue weighted by Crippen LogP contribution is -3.06. The number of quaternary nitrogens is 1. The molecule has 1 aliphatic rings. The van der Waals surface area contributed by atoms with Crippen molar-refractivity contribution in [2.24, 2.45) is 0 Å². The molecule has 0 bridgehead atoms. The van der Waals surface area contributed by atoms with Gasteiger partial charge in [-0.05, 0) is 43.5 Å². The summed E-state index contributed by atoms with van der Waals surface area (Å²) in [6.45, 7) is 3.20. The highest BCUT2D eigenvalue weighted by Gasteiger charge is 2.31. The predicted molar refractivity (Wildman–Crippen MR) is 118 cm³/mol. The molecule has 1 saturated heterocycles. The van der Waals surface area contributed by atoms with Crippen molar-refractivity contribution >= 4 is 15.9 Å². The predicted octanol–water partition coefficient (Wildman–Crippen LogP) is 1.87. The molecule has 2 atom stereocenters. The molecular formula is C23H32N3O3S+. The molecule has 2 aromatic carbocycles. The van der Waals surface area contributed by atoms with Gasteiger partial charge in [0, 0.05) is 18.2 Å². The first-order chi connectivity index (χ1) is 14.3. The van der Waals surface area contributed by atoms with E-state index in [4.69, 9.17) is 0 Å². The number of likely N-dealkylation sites (N-methyl/N-ethyl adjacent to an activating group) is 1. The Morgan fingerprint density at radius 2 is 1.87 bits per heavy atom. The first-order valence-electron chi connectivity index (χ1n) is 10.6. The van der Waals surface area contributed by atoms with E-state index in [1.165, 1.54) is 11.0 Å². The van der Waals surface area contributed by atoms with Gasteiger partial charge >= 0.3 is 0 Å². The number of carbonyl (C=O) groups is 1. The lowest BCUT2D eigenvalue weighted by atomic mass is 10.1. The van der Waals surface area contributed by atoms with Crippen molar-refractivity contribution in [2.45, 2.75) is 43.2 Å². The Balaban J connectivity index is 1.83. The summed E-state index contributed by atoms with van der Waals surface area (Å²) in [5, 5.41) is 3.08. The lowest BCUT2D eigenvalue weighted by molar-refractivity contribution is -0.860. The van der Waals surface area contributed by atoms with Crippen LogP contribution in [0.1, 0.15) is 48.1 Å². The summed E-state index contributed by atoms with van der Waals surface area (Å²) in [6.07, 6.45) is 2.78. The molecule has 0 aliphatic carbocycles. The maximum absolute atomic E-state index is 13.2. The lowest BCUT2D eigenvalue weighted by Gasteiger charge is -2.32. The summed E-state index contributed by atoms with van der Waals surface area (Å²) in [5.74, 6) is -0.270. The van der Waals surface area contributed by atoms with E-state index in [0.29, 0.717) is 12.1 Å². The van der Waals surface area contributed by atoms with Crippen LogP contribution in [0.2, 0.25) is 0 Å². The van der Waals surface area contributed by atoms with Crippen LogP contribution in [-0.2, 0) is 10.0 Å². The van der Waals surface area contributed by atoms with E-state index >= 15 is 0 Å². The summed E-state index contributed by atoms with van der Waals surface area (Å²) in [6, 6.07) is 16.0. The van der Waals surface area contributed by atoms with Crippen LogP contribution < -0.4 is 10.2 Å². The highest BCUT2D eigenvalue weighted by atomic mass is 32.2. The number of nitrogens with one attached hydrogen (secondary N) is 2. The maximum atomic E-state index is 13.2. The van der Waals surface area contributed by atoms with Crippen LogP contribution in [0, 0.1) is 0 Å². The van der Waals surface area contributed by atoms with Gasteiger partial charge in [-0.15, -0.1) is 0 Å². The Hall–Kier alpha value is -2.22. The summed E-state index contributed by atoms with van der Waals surface area (Å²) in [5.41, 5.74) is 1.38. The quantitative estimate of drug-likeness (QED) is 0.705. The Bertz CT molecular complexity index is 961. The number of hydrogen-bond acceptors (Lipinski definition) is 3. The van der Waals surface area contributed by atoms with Crippen molar-refractivity contribution < 1.29 is 18.1 Å². The Labute approximate surface area is 179 Å². The van der Waals surface area contributed by atoms with Gasteiger partial charge in [0.05, 0.1) is 19.0 Å². The normalized spacial score (nSPS) is 18.9. The van der Waals surface area contributed by atoms with Crippen molar-refractivity contribution in [1.82, 2.24) is 9.62 Å². The average Bonchev–Trinajstić information content (AvgIpc) is 2.74. The van der Waals surface area contributed by atoms with Gasteiger partial charge in [0.25, 0.3) is 5.91 Å². The molecule has 3 rings (SSSR count). The van der Waals surface area contributed by atoms with Crippen LogP contribution in [-0.4, -0.2) is 51.9 Å². The van der Waals surface area contributed by atoms with E-state index < -0.39 is 10.0 Å². The van der Waals surface area contributed by atoms with Gasteiger partial charge < -0.3 is 10.2 Å². The molecule has 0 aromatic heterocycles. The van der Waals surface area contributed by atoms with Crippen LogP contribution >= 0.6 is 0 Å². The second-order valence-corrected chi connectivity index (χ2v) is 10.2. The van der Waals surface area contributed by atoms with Gasteiger partial charge in [0.1, 0.15) is 12.6 Å². The number of benzene rings is 2. The van der Waals surface area contributed by atoms with E-state index in [9.17, 15) is 13.2 Å². The first kappa shape index (κ1) is 22.5. The molecule has 0 radical (unpaired) electrons. The highest BCUT2D eigenvalue weighted by Crippen LogP contribution is 2.25. The van der Waals surface area contributed by atoms with Crippen molar-refractivity contribution in [3.63, 3.8) is 0 Å². The zero-order chi connectivity index (χ0) is 21.7. The number of piperidine rings is 1. The van der Waals surface area contributed by atoms with Gasteiger partial charge in [-0.25, -0.2) is 8.42 Å². The SMILES string of the molecule is C[C@H]1CCCCN1S(=O)(=O)c1cccc(C(=O)N[C@@H](C[NH+](C)C)c2ccccc2)c1. The van der Waals surface area contributed by atoms with Gasteiger partial charge in [0.2, 0.25) is 10.0 Å². The Kier molecular flexibility index (Phi) is 7.28. The van der Waals surface area contributed by atoms with E-state index in [2.05, 4.69) is 5.32 Å². The summed E-state index contributed by atoms with van der Waals surface area (Å²) < 4.78 is 27.9. The fraction of sp³-hybridized carbons (Fsp3) is 0.435. The van der Waals surface area contributed by atoms with Crippen LogP contribution in [0.15, 0.2) is 59.5 Å². The molecule has 1 aliphatic heterocycles. The maximum Gasteiger partial charge on any atom is 0.252 e. The molecule has 6 nitrogen and oxygen atoms in total. The van der Waals surface area contributed by atoms with Crippen molar-refractivity contribution in [3.8, 4) is 0 Å². The smallest absolute Gasteiger partial charge is 0.252 e. The summed E-state index contributed by atoms with van der Waals surface area (Å²) in [7, 11) is 0.456. The molecule has 0 saturated carbocycles. The molecule has 2 aromatic rings. The topological polar surface area (TPSA) is 70.9 Å².